The van der Waals surface area contributed by atoms with Crippen LogP contribution in [0.4, 0.5) is 10.1 Å². The average Bonchev–Trinajstić information content (AvgIpc) is 3.24. The topological polar surface area (TPSA) is 107 Å². The zero-order valence-corrected chi connectivity index (χ0v) is 16.6. The van der Waals surface area contributed by atoms with E-state index in [1.54, 1.807) is 36.2 Å². The molecule has 0 saturated carbocycles. The van der Waals surface area contributed by atoms with E-state index >= 15 is 0 Å². The van der Waals surface area contributed by atoms with Crippen molar-refractivity contribution in [2.45, 2.75) is 18.1 Å². The highest BCUT2D eigenvalue weighted by atomic mass is 19.1. The highest BCUT2D eigenvalue weighted by Crippen LogP contribution is 2.61. The van der Waals surface area contributed by atoms with Gasteiger partial charge in [-0.05, 0) is 43.8 Å². The van der Waals surface area contributed by atoms with E-state index in [0.29, 0.717) is 11.3 Å². The highest BCUT2D eigenvalue weighted by molar-refractivity contribution is 6.07. The predicted molar refractivity (Wildman–Crippen MR) is 109 cm³/mol. The number of hydrogen-bond acceptors (Lipinski definition) is 6. The predicted octanol–water partition coefficient (Wildman–Crippen LogP) is 2.66. The standard InChI is InChI=1S/C23H18FN3O4/c1-27-9-8-22(12-25,23(27)16-10-13(24)6-7-17(16)26-21(23)30)20(29)15-11-31-18-5-3-2-4-14(18)19(15)28/h2-7,10-11,20,29H,8-9H2,1H3,(H,26,30)/t20-,22+,23+/m1/s1. The lowest BCUT2D eigenvalue weighted by molar-refractivity contribution is -0.134. The van der Waals surface area contributed by atoms with Gasteiger partial charge in [0.25, 0.3) is 5.91 Å². The van der Waals surface area contributed by atoms with Gasteiger partial charge in [0.2, 0.25) is 0 Å². The molecule has 0 unspecified atom stereocenters. The largest absolute Gasteiger partial charge is 0.464 e. The Kier molecular flexibility index (Phi) is 4.06. The number of fused-ring (bicyclic) bond motifs is 3. The average molecular weight is 419 g/mol. The Labute approximate surface area is 176 Å². The fourth-order valence-electron chi connectivity index (χ4n) is 5.19. The smallest absolute Gasteiger partial charge is 0.251 e. The number of benzene rings is 2. The number of anilines is 1. The summed E-state index contributed by atoms with van der Waals surface area (Å²) in [6.07, 6.45) is -0.417. The van der Waals surface area contributed by atoms with Gasteiger partial charge < -0.3 is 14.8 Å². The summed E-state index contributed by atoms with van der Waals surface area (Å²) in [5.41, 5.74) is -3.03. The van der Waals surface area contributed by atoms with Crippen LogP contribution in [0.15, 0.2) is 57.9 Å². The van der Waals surface area contributed by atoms with Gasteiger partial charge in [-0.15, -0.1) is 0 Å². The first-order valence-corrected chi connectivity index (χ1v) is 9.79. The van der Waals surface area contributed by atoms with Crippen LogP contribution in [0, 0.1) is 22.6 Å². The van der Waals surface area contributed by atoms with E-state index in [1.807, 2.05) is 0 Å². The minimum atomic E-state index is -1.75. The molecule has 2 N–H and O–H groups in total. The molecule has 1 fully saturated rings. The molecule has 5 rings (SSSR count). The molecule has 3 atom stereocenters. The fourth-order valence-corrected chi connectivity index (χ4v) is 5.19. The van der Waals surface area contributed by atoms with E-state index in [-0.39, 0.29) is 29.5 Å². The van der Waals surface area contributed by atoms with E-state index in [9.17, 15) is 24.3 Å². The van der Waals surface area contributed by atoms with Crippen molar-refractivity contribution in [2.75, 3.05) is 18.9 Å². The van der Waals surface area contributed by atoms with E-state index < -0.39 is 34.2 Å². The molecule has 0 bridgehead atoms. The third-order valence-corrected chi connectivity index (χ3v) is 6.68. The van der Waals surface area contributed by atoms with Gasteiger partial charge >= 0.3 is 0 Å². The molecule has 31 heavy (non-hydrogen) atoms. The number of amides is 1. The van der Waals surface area contributed by atoms with Gasteiger partial charge in [-0.25, -0.2) is 4.39 Å². The van der Waals surface area contributed by atoms with Crippen molar-refractivity contribution in [3.63, 3.8) is 0 Å². The molecule has 0 aliphatic carbocycles. The number of halogens is 1. The van der Waals surface area contributed by atoms with Crippen molar-refractivity contribution >= 4 is 22.6 Å². The monoisotopic (exact) mass is 419 g/mol. The van der Waals surface area contributed by atoms with Crippen LogP contribution in [0.2, 0.25) is 0 Å². The van der Waals surface area contributed by atoms with Crippen LogP contribution in [-0.2, 0) is 10.3 Å². The third kappa shape index (κ3) is 2.27. The van der Waals surface area contributed by atoms with Crippen molar-refractivity contribution in [3.05, 3.63) is 75.9 Å². The van der Waals surface area contributed by atoms with Gasteiger partial charge in [-0.3, -0.25) is 14.5 Å². The molecule has 2 aliphatic heterocycles. The number of likely N-dealkylation sites (tertiary alicyclic amines) is 1. The maximum Gasteiger partial charge on any atom is 0.251 e. The Morgan fingerprint density at radius 2 is 2.06 bits per heavy atom. The Bertz CT molecular complexity index is 1350. The Morgan fingerprint density at radius 3 is 2.84 bits per heavy atom. The molecular weight excluding hydrogens is 401 g/mol. The number of carbonyl (C=O) groups is 1. The van der Waals surface area contributed by atoms with Gasteiger partial charge in [0.1, 0.15) is 34.7 Å². The molecule has 7 nitrogen and oxygen atoms in total. The van der Waals surface area contributed by atoms with Crippen molar-refractivity contribution in [2.24, 2.45) is 5.41 Å². The molecule has 1 amide bonds. The molecule has 1 aromatic heterocycles. The van der Waals surface area contributed by atoms with Gasteiger partial charge in [0, 0.05) is 17.8 Å². The second kappa shape index (κ2) is 6.48. The van der Waals surface area contributed by atoms with Crippen LogP contribution in [-0.4, -0.2) is 29.5 Å². The number of para-hydroxylation sites is 1. The number of aliphatic hydroxyl groups is 1. The fraction of sp³-hybridized carbons (Fsp3) is 0.261. The summed E-state index contributed by atoms with van der Waals surface area (Å²) >= 11 is 0. The minimum absolute atomic E-state index is 0.0941. The summed E-state index contributed by atoms with van der Waals surface area (Å²) in [6, 6.07) is 12.6. The quantitative estimate of drug-likeness (QED) is 0.662. The first-order valence-electron chi connectivity index (χ1n) is 9.79. The summed E-state index contributed by atoms with van der Waals surface area (Å²) in [5, 5.41) is 24.8. The number of hydrogen-bond donors (Lipinski definition) is 2. The van der Waals surface area contributed by atoms with Crippen LogP contribution in [0.1, 0.15) is 23.7 Å². The highest BCUT2D eigenvalue weighted by Gasteiger charge is 2.70. The number of nitrogens with zero attached hydrogens (tertiary/aromatic N) is 2. The summed E-state index contributed by atoms with van der Waals surface area (Å²) < 4.78 is 19.7. The first-order chi connectivity index (χ1) is 14.9. The van der Waals surface area contributed by atoms with Crippen LogP contribution < -0.4 is 10.7 Å². The second-order valence-electron chi connectivity index (χ2n) is 8.03. The lowest BCUT2D eigenvalue weighted by Crippen LogP contribution is -2.56. The zero-order chi connectivity index (χ0) is 22.0. The van der Waals surface area contributed by atoms with E-state index in [2.05, 4.69) is 11.4 Å². The summed E-state index contributed by atoms with van der Waals surface area (Å²) in [7, 11) is 1.65. The van der Waals surface area contributed by atoms with E-state index in [4.69, 9.17) is 4.42 Å². The molecular formula is C23H18FN3O4. The van der Waals surface area contributed by atoms with Crippen LogP contribution in [0.3, 0.4) is 0 Å². The third-order valence-electron chi connectivity index (χ3n) is 6.68. The van der Waals surface area contributed by atoms with Gasteiger partial charge in [0.15, 0.2) is 5.43 Å². The van der Waals surface area contributed by atoms with Crippen molar-refractivity contribution in [1.29, 1.82) is 5.26 Å². The second-order valence-corrected chi connectivity index (χ2v) is 8.03. The van der Waals surface area contributed by atoms with Crippen molar-refractivity contribution in [3.8, 4) is 6.07 Å². The van der Waals surface area contributed by atoms with E-state index in [1.165, 1.54) is 18.2 Å². The normalized spacial score (nSPS) is 26.1. The molecule has 156 valence electrons. The maximum atomic E-state index is 14.2. The number of nitrogens with one attached hydrogen (secondary N) is 1. The Balaban J connectivity index is 1.77. The van der Waals surface area contributed by atoms with Gasteiger partial charge in [-0.2, -0.15) is 5.26 Å². The van der Waals surface area contributed by atoms with Crippen LogP contribution >= 0.6 is 0 Å². The van der Waals surface area contributed by atoms with E-state index in [0.717, 1.165) is 6.26 Å². The lowest BCUT2D eigenvalue weighted by Gasteiger charge is -2.42. The Morgan fingerprint density at radius 1 is 1.29 bits per heavy atom. The van der Waals surface area contributed by atoms with Gasteiger partial charge in [0.05, 0.1) is 17.0 Å². The van der Waals surface area contributed by atoms with Crippen molar-refractivity contribution < 1.29 is 18.7 Å². The summed E-state index contributed by atoms with van der Waals surface area (Å²) in [5.74, 6) is -1.11. The summed E-state index contributed by atoms with van der Waals surface area (Å²) in [6.45, 7) is 0.285. The zero-order valence-electron chi connectivity index (χ0n) is 16.6. The molecule has 2 aliphatic rings. The number of nitriles is 1. The molecule has 8 heteroatoms. The number of carbonyl (C=O) groups excluding carboxylic acids is 1. The number of likely N-dealkylation sites (N-methyl/N-ethyl adjacent to an activating group) is 1. The molecule has 3 heterocycles. The summed E-state index contributed by atoms with van der Waals surface area (Å²) in [4.78, 5) is 28.1. The first kappa shape index (κ1) is 19.4. The molecule has 3 aromatic rings. The van der Waals surface area contributed by atoms with Crippen LogP contribution in [0.5, 0.6) is 0 Å². The molecule has 1 saturated heterocycles. The molecule has 1 spiro atoms. The number of aliphatic hydroxyl groups excluding tert-OH is 1. The minimum Gasteiger partial charge on any atom is -0.464 e. The molecule has 0 radical (unpaired) electrons. The van der Waals surface area contributed by atoms with Crippen LogP contribution in [0.25, 0.3) is 11.0 Å². The maximum absolute atomic E-state index is 14.2. The number of rotatable bonds is 2. The Hall–Kier alpha value is -3.54. The molecule has 2 aromatic carbocycles. The van der Waals surface area contributed by atoms with Crippen molar-refractivity contribution in [1.82, 2.24) is 4.90 Å². The SMILES string of the molecule is CN1CC[C@](C#N)([C@H](O)c2coc3ccccc3c2=O)[C@]12C(=O)Nc1ccc(F)cc12. The lowest BCUT2D eigenvalue weighted by atomic mass is 9.63. The van der Waals surface area contributed by atoms with Gasteiger partial charge in [-0.1, -0.05) is 12.1 Å².